The van der Waals surface area contributed by atoms with E-state index in [9.17, 15) is 14.9 Å². The van der Waals surface area contributed by atoms with Crippen molar-refractivity contribution in [3.63, 3.8) is 0 Å². The first-order valence-electron chi connectivity index (χ1n) is 12.1. The van der Waals surface area contributed by atoms with Crippen LogP contribution in [0.25, 0.3) is 0 Å². The smallest absolute Gasteiger partial charge is 0.269 e. The van der Waals surface area contributed by atoms with Gasteiger partial charge in [-0.25, -0.2) is 0 Å². The van der Waals surface area contributed by atoms with Crippen molar-refractivity contribution in [1.82, 2.24) is 5.32 Å². The Kier molecular flexibility index (Phi) is 6.68. The number of rotatable bonds is 7. The Labute approximate surface area is 204 Å². The molecule has 5 rings (SSSR count). The molecule has 35 heavy (non-hydrogen) atoms. The molecule has 0 radical (unpaired) electrons. The summed E-state index contributed by atoms with van der Waals surface area (Å²) in [7, 11) is 0. The van der Waals surface area contributed by atoms with Crippen LogP contribution in [-0.4, -0.2) is 22.6 Å². The fourth-order valence-corrected chi connectivity index (χ4v) is 4.93. The van der Waals surface area contributed by atoms with E-state index in [0.29, 0.717) is 23.0 Å². The summed E-state index contributed by atoms with van der Waals surface area (Å²) in [5.74, 6) is -0.976. The first-order chi connectivity index (χ1) is 17.1. The van der Waals surface area contributed by atoms with Gasteiger partial charge >= 0.3 is 0 Å². The number of fused-ring (bicyclic) bond motifs is 1. The minimum absolute atomic E-state index is 0.0486. The third-order valence-corrected chi connectivity index (χ3v) is 6.81. The Morgan fingerprint density at radius 2 is 1.74 bits per heavy atom. The van der Waals surface area contributed by atoms with Crippen LogP contribution in [0, 0.1) is 10.1 Å². The lowest BCUT2D eigenvalue weighted by Crippen LogP contribution is -2.30. The standard InChI is InChI=1S/C28H28N4O3/c33-28-26(24-17-23(32(34)35)15-16-25(24)31-28)27(20-7-3-1-4-8-20)30-22-13-11-19(12-14-22)18-29-21-9-5-2-6-10-21/h1,3-4,7-8,11-17,21,26,29H,2,5-6,9-10,18H2,(H,31,33). The van der Waals surface area contributed by atoms with Crippen LogP contribution >= 0.6 is 0 Å². The van der Waals surface area contributed by atoms with Crippen LogP contribution in [0.1, 0.15) is 54.7 Å². The molecule has 2 N–H and O–H groups in total. The summed E-state index contributed by atoms with van der Waals surface area (Å²) in [4.78, 5) is 28.9. The number of aliphatic imine (C=N–C) groups is 1. The predicted octanol–water partition coefficient (Wildman–Crippen LogP) is 5.87. The molecule has 7 heteroatoms. The molecule has 1 unspecified atom stereocenters. The molecule has 3 aromatic carbocycles. The third kappa shape index (κ3) is 5.15. The second-order valence-electron chi connectivity index (χ2n) is 9.20. The van der Waals surface area contributed by atoms with Crippen molar-refractivity contribution >= 4 is 28.7 Å². The van der Waals surface area contributed by atoms with Gasteiger partial charge in [0, 0.05) is 36.0 Å². The zero-order valence-electron chi connectivity index (χ0n) is 19.4. The molecular weight excluding hydrogens is 440 g/mol. The molecule has 0 saturated heterocycles. The molecule has 2 aliphatic rings. The third-order valence-electron chi connectivity index (χ3n) is 6.81. The van der Waals surface area contributed by atoms with E-state index in [4.69, 9.17) is 4.99 Å². The van der Waals surface area contributed by atoms with Crippen LogP contribution in [0.15, 0.2) is 77.8 Å². The van der Waals surface area contributed by atoms with Crippen molar-refractivity contribution in [3.8, 4) is 0 Å². The number of nitro benzene ring substituents is 1. The van der Waals surface area contributed by atoms with E-state index in [1.165, 1.54) is 49.8 Å². The number of amides is 1. The Hall–Kier alpha value is -3.84. The predicted molar refractivity (Wildman–Crippen MR) is 137 cm³/mol. The Morgan fingerprint density at radius 3 is 2.46 bits per heavy atom. The lowest BCUT2D eigenvalue weighted by molar-refractivity contribution is -0.384. The highest BCUT2D eigenvalue weighted by Gasteiger charge is 2.36. The molecule has 1 fully saturated rings. The summed E-state index contributed by atoms with van der Waals surface area (Å²) in [6.45, 7) is 0.822. The number of nitro groups is 1. The van der Waals surface area contributed by atoms with Crippen LogP contribution < -0.4 is 10.6 Å². The van der Waals surface area contributed by atoms with E-state index in [1.807, 2.05) is 42.5 Å². The topological polar surface area (TPSA) is 96.6 Å². The van der Waals surface area contributed by atoms with Gasteiger partial charge in [0.25, 0.3) is 5.69 Å². The average Bonchev–Trinajstić information content (AvgIpc) is 3.22. The SMILES string of the molecule is O=C1Nc2ccc([N+](=O)[O-])cc2C1C(=Nc1ccc(CNC2CCCCC2)cc1)c1ccccc1. The number of carbonyl (C=O) groups is 1. The molecule has 0 spiro atoms. The average molecular weight is 469 g/mol. The number of benzene rings is 3. The number of carbonyl (C=O) groups excluding carboxylic acids is 1. The molecule has 178 valence electrons. The van der Waals surface area contributed by atoms with Crippen molar-refractivity contribution in [2.24, 2.45) is 4.99 Å². The van der Waals surface area contributed by atoms with Crippen LogP contribution in [0.4, 0.5) is 17.1 Å². The normalized spacial score (nSPS) is 18.2. The molecule has 1 saturated carbocycles. The fourth-order valence-electron chi connectivity index (χ4n) is 4.93. The van der Waals surface area contributed by atoms with E-state index in [2.05, 4.69) is 22.8 Å². The van der Waals surface area contributed by atoms with E-state index in [0.717, 1.165) is 17.8 Å². The molecule has 7 nitrogen and oxygen atoms in total. The van der Waals surface area contributed by atoms with Crippen LogP contribution in [0.3, 0.4) is 0 Å². The van der Waals surface area contributed by atoms with Crippen molar-refractivity contribution in [2.45, 2.75) is 50.6 Å². The maximum absolute atomic E-state index is 13.0. The Bertz CT molecular complexity index is 1250. The van der Waals surface area contributed by atoms with Gasteiger partial charge < -0.3 is 10.6 Å². The number of non-ortho nitro benzene ring substituents is 1. The first-order valence-corrected chi connectivity index (χ1v) is 12.1. The number of anilines is 1. The summed E-state index contributed by atoms with van der Waals surface area (Å²) in [6.07, 6.45) is 6.42. The van der Waals surface area contributed by atoms with Crippen molar-refractivity contribution in [3.05, 3.63) is 99.6 Å². The molecule has 1 amide bonds. The Morgan fingerprint density at radius 1 is 1.00 bits per heavy atom. The van der Waals surface area contributed by atoms with Crippen LogP contribution in [0.2, 0.25) is 0 Å². The second kappa shape index (κ2) is 10.2. The highest BCUT2D eigenvalue weighted by molar-refractivity contribution is 6.24. The number of nitrogens with one attached hydrogen (secondary N) is 2. The number of nitrogens with zero attached hydrogens (tertiary/aromatic N) is 2. The van der Waals surface area contributed by atoms with Gasteiger partial charge in [-0.1, -0.05) is 61.7 Å². The largest absolute Gasteiger partial charge is 0.325 e. The maximum Gasteiger partial charge on any atom is 0.269 e. The maximum atomic E-state index is 13.0. The minimum Gasteiger partial charge on any atom is -0.325 e. The van der Waals surface area contributed by atoms with Crippen molar-refractivity contribution in [2.75, 3.05) is 5.32 Å². The quantitative estimate of drug-likeness (QED) is 0.257. The summed E-state index contributed by atoms with van der Waals surface area (Å²) in [5.41, 5.74) is 4.39. The zero-order valence-corrected chi connectivity index (χ0v) is 19.4. The number of hydrogen-bond acceptors (Lipinski definition) is 5. The van der Waals surface area contributed by atoms with Crippen molar-refractivity contribution < 1.29 is 9.72 Å². The summed E-state index contributed by atoms with van der Waals surface area (Å²) >= 11 is 0. The summed E-state index contributed by atoms with van der Waals surface area (Å²) in [5, 5.41) is 17.9. The van der Waals surface area contributed by atoms with Crippen molar-refractivity contribution in [1.29, 1.82) is 0 Å². The van der Waals surface area contributed by atoms with Gasteiger partial charge in [-0.2, -0.15) is 0 Å². The minimum atomic E-state index is -0.736. The number of hydrogen-bond donors (Lipinski definition) is 2. The van der Waals surface area contributed by atoms with Crippen LogP contribution in [0.5, 0.6) is 0 Å². The molecule has 1 heterocycles. The zero-order chi connectivity index (χ0) is 24.2. The molecular formula is C28H28N4O3. The molecule has 1 aliphatic carbocycles. The van der Waals surface area contributed by atoms with Gasteiger partial charge in [0.05, 0.1) is 16.3 Å². The molecule has 1 atom stereocenters. The van der Waals surface area contributed by atoms with Gasteiger partial charge in [0.2, 0.25) is 5.91 Å². The second-order valence-corrected chi connectivity index (χ2v) is 9.20. The highest BCUT2D eigenvalue weighted by Crippen LogP contribution is 2.38. The lowest BCUT2D eigenvalue weighted by atomic mass is 9.90. The molecule has 0 aromatic heterocycles. The monoisotopic (exact) mass is 468 g/mol. The summed E-state index contributed by atoms with van der Waals surface area (Å²) in [6, 6.07) is 22.6. The van der Waals surface area contributed by atoms with Gasteiger partial charge in [-0.3, -0.25) is 19.9 Å². The van der Waals surface area contributed by atoms with E-state index < -0.39 is 10.8 Å². The highest BCUT2D eigenvalue weighted by atomic mass is 16.6. The Balaban J connectivity index is 1.45. The van der Waals surface area contributed by atoms with Gasteiger partial charge in [-0.05, 0) is 42.2 Å². The van der Waals surface area contributed by atoms with Gasteiger partial charge in [0.15, 0.2) is 0 Å². The summed E-state index contributed by atoms with van der Waals surface area (Å²) < 4.78 is 0. The molecule has 1 aliphatic heterocycles. The molecule has 0 bridgehead atoms. The molecule has 3 aromatic rings. The van der Waals surface area contributed by atoms with Crippen LogP contribution in [-0.2, 0) is 11.3 Å². The van der Waals surface area contributed by atoms with Gasteiger partial charge in [0.1, 0.15) is 5.92 Å². The van der Waals surface area contributed by atoms with E-state index in [-0.39, 0.29) is 11.6 Å². The lowest BCUT2D eigenvalue weighted by Gasteiger charge is -2.22. The van der Waals surface area contributed by atoms with Gasteiger partial charge in [-0.15, -0.1) is 0 Å². The van der Waals surface area contributed by atoms with E-state index >= 15 is 0 Å². The van der Waals surface area contributed by atoms with E-state index in [1.54, 1.807) is 6.07 Å². The fraction of sp³-hybridized carbons (Fsp3) is 0.286. The first kappa shape index (κ1) is 22.9.